The van der Waals surface area contributed by atoms with Gasteiger partial charge in [-0.1, -0.05) is 6.92 Å². The van der Waals surface area contributed by atoms with E-state index in [1.807, 2.05) is 6.92 Å². The fourth-order valence-corrected chi connectivity index (χ4v) is 2.90. The molecule has 1 saturated carbocycles. The maximum atomic E-state index is 12.3. The Labute approximate surface area is 123 Å². The van der Waals surface area contributed by atoms with E-state index in [2.05, 4.69) is 5.32 Å². The zero-order valence-electron chi connectivity index (χ0n) is 12.7. The molecule has 124 valence electrons. The molecule has 4 nitrogen and oxygen atoms in total. The molecule has 0 aromatic rings. The van der Waals surface area contributed by atoms with Gasteiger partial charge in [0.05, 0.1) is 6.42 Å². The van der Waals surface area contributed by atoms with Crippen molar-refractivity contribution in [3.05, 3.63) is 0 Å². The number of nitrogens with zero attached hydrogens (tertiary/aromatic N) is 1. The van der Waals surface area contributed by atoms with Gasteiger partial charge >= 0.3 is 12.1 Å². The maximum absolute atomic E-state index is 12.3. The molecule has 1 aliphatic rings. The molecule has 0 amide bonds. The molecule has 0 radical (unpaired) electrons. The minimum Gasteiger partial charge on any atom is -0.480 e. The highest BCUT2D eigenvalue weighted by atomic mass is 19.4. The van der Waals surface area contributed by atoms with Gasteiger partial charge in [0.2, 0.25) is 0 Å². The van der Waals surface area contributed by atoms with E-state index < -0.39 is 24.1 Å². The van der Waals surface area contributed by atoms with E-state index in [-0.39, 0.29) is 12.6 Å². The van der Waals surface area contributed by atoms with Crippen LogP contribution in [0, 0.1) is 0 Å². The van der Waals surface area contributed by atoms with E-state index in [0.717, 1.165) is 12.8 Å². The standard InChI is InChI=1S/C14H25F3N2O2/c1-3-8-18-13(12(20)21)6-4-5-11(10-13)19(2)9-7-14(15,16)17/h11,18H,3-10H2,1-2H3,(H,20,21). The largest absolute Gasteiger partial charge is 0.480 e. The molecule has 21 heavy (non-hydrogen) atoms. The molecule has 1 aliphatic carbocycles. The molecular weight excluding hydrogens is 285 g/mol. The zero-order chi connectivity index (χ0) is 16.1. The monoisotopic (exact) mass is 310 g/mol. The van der Waals surface area contributed by atoms with Gasteiger partial charge in [-0.05, 0) is 45.7 Å². The number of nitrogens with one attached hydrogen (secondary N) is 1. The lowest BCUT2D eigenvalue weighted by molar-refractivity contribution is -0.149. The van der Waals surface area contributed by atoms with Crippen LogP contribution in [0.3, 0.4) is 0 Å². The summed E-state index contributed by atoms with van der Waals surface area (Å²) in [7, 11) is 1.65. The molecule has 1 fully saturated rings. The first kappa shape index (κ1) is 18.2. The fraction of sp³-hybridized carbons (Fsp3) is 0.929. The van der Waals surface area contributed by atoms with Gasteiger partial charge in [-0.2, -0.15) is 13.2 Å². The lowest BCUT2D eigenvalue weighted by atomic mass is 9.78. The summed E-state index contributed by atoms with van der Waals surface area (Å²) in [6.45, 7) is 2.47. The minimum absolute atomic E-state index is 0.0857. The molecule has 0 aliphatic heterocycles. The van der Waals surface area contributed by atoms with Crippen molar-refractivity contribution in [3.8, 4) is 0 Å². The van der Waals surface area contributed by atoms with Crippen molar-refractivity contribution in [2.45, 2.75) is 63.2 Å². The average Bonchev–Trinajstić information content (AvgIpc) is 2.41. The number of hydrogen-bond acceptors (Lipinski definition) is 3. The van der Waals surface area contributed by atoms with Crippen molar-refractivity contribution in [1.29, 1.82) is 0 Å². The molecule has 7 heteroatoms. The molecule has 0 heterocycles. The van der Waals surface area contributed by atoms with Gasteiger partial charge in [0, 0.05) is 12.6 Å². The Balaban J connectivity index is 2.66. The Morgan fingerprint density at radius 2 is 2.14 bits per heavy atom. The number of rotatable bonds is 7. The van der Waals surface area contributed by atoms with Crippen LogP contribution in [-0.2, 0) is 4.79 Å². The smallest absolute Gasteiger partial charge is 0.390 e. The van der Waals surface area contributed by atoms with Gasteiger partial charge in [0.25, 0.3) is 0 Å². The van der Waals surface area contributed by atoms with Crippen molar-refractivity contribution >= 4 is 5.97 Å². The number of carboxylic acids is 1. The second-order valence-corrected chi connectivity index (χ2v) is 5.91. The van der Waals surface area contributed by atoms with Crippen molar-refractivity contribution in [1.82, 2.24) is 10.2 Å². The Morgan fingerprint density at radius 3 is 2.67 bits per heavy atom. The summed E-state index contributed by atoms with van der Waals surface area (Å²) in [4.78, 5) is 13.3. The highest BCUT2D eigenvalue weighted by Gasteiger charge is 2.43. The summed E-state index contributed by atoms with van der Waals surface area (Å²) < 4.78 is 36.9. The number of hydrogen-bond donors (Lipinski definition) is 2. The van der Waals surface area contributed by atoms with Crippen LogP contribution < -0.4 is 5.32 Å². The molecule has 0 spiro atoms. The molecule has 1 rings (SSSR count). The van der Waals surface area contributed by atoms with E-state index in [9.17, 15) is 23.1 Å². The summed E-state index contributed by atoms with van der Waals surface area (Å²) in [5, 5.41) is 12.6. The lowest BCUT2D eigenvalue weighted by Crippen LogP contribution is -2.58. The molecule has 0 aromatic carbocycles. The molecule has 0 aromatic heterocycles. The number of halogens is 3. The normalized spacial score (nSPS) is 27.0. The molecule has 0 saturated heterocycles. The summed E-state index contributed by atoms with van der Waals surface area (Å²) in [6.07, 6.45) is -1.86. The van der Waals surface area contributed by atoms with Crippen LogP contribution in [0.4, 0.5) is 13.2 Å². The van der Waals surface area contributed by atoms with Crippen LogP contribution in [0.1, 0.15) is 45.4 Å². The topological polar surface area (TPSA) is 52.6 Å². The summed E-state index contributed by atoms with van der Waals surface area (Å²) in [5.41, 5.74) is -0.995. The summed E-state index contributed by atoms with van der Waals surface area (Å²) in [6, 6.07) is -0.124. The number of carbonyl (C=O) groups is 1. The number of aliphatic carboxylic acids is 1. The van der Waals surface area contributed by atoms with Gasteiger partial charge in [-0.25, -0.2) is 0 Å². The van der Waals surface area contributed by atoms with Gasteiger partial charge in [0.15, 0.2) is 0 Å². The average molecular weight is 310 g/mol. The van der Waals surface area contributed by atoms with E-state index >= 15 is 0 Å². The molecule has 0 bridgehead atoms. The predicted octanol–water partition coefficient (Wildman–Crippen LogP) is 2.64. The Bertz CT molecular complexity index is 350. The number of carboxylic acid groups (broad SMARTS) is 1. The highest BCUT2D eigenvalue weighted by Crippen LogP contribution is 2.32. The van der Waals surface area contributed by atoms with Crippen LogP contribution in [-0.4, -0.2) is 53.9 Å². The molecular formula is C14H25F3N2O2. The van der Waals surface area contributed by atoms with Gasteiger partial charge in [-0.3, -0.25) is 4.79 Å². The van der Waals surface area contributed by atoms with Crippen molar-refractivity contribution < 1.29 is 23.1 Å². The van der Waals surface area contributed by atoms with Crippen LogP contribution in [0.15, 0.2) is 0 Å². The predicted molar refractivity (Wildman–Crippen MR) is 74.2 cm³/mol. The second-order valence-electron chi connectivity index (χ2n) is 5.91. The third kappa shape index (κ3) is 5.47. The van der Waals surface area contributed by atoms with Gasteiger partial charge in [-0.15, -0.1) is 0 Å². The first-order valence-electron chi connectivity index (χ1n) is 7.45. The van der Waals surface area contributed by atoms with Crippen molar-refractivity contribution in [2.24, 2.45) is 0 Å². The summed E-state index contributed by atoms with van der Waals surface area (Å²) >= 11 is 0. The first-order chi connectivity index (χ1) is 9.70. The minimum atomic E-state index is -4.17. The first-order valence-corrected chi connectivity index (χ1v) is 7.45. The van der Waals surface area contributed by atoms with Crippen LogP contribution in [0.25, 0.3) is 0 Å². The highest BCUT2D eigenvalue weighted by molar-refractivity contribution is 5.79. The van der Waals surface area contributed by atoms with Gasteiger partial charge in [0.1, 0.15) is 5.54 Å². The fourth-order valence-electron chi connectivity index (χ4n) is 2.90. The Kier molecular flexibility index (Phi) is 6.46. The molecule has 2 unspecified atom stereocenters. The Morgan fingerprint density at radius 1 is 1.48 bits per heavy atom. The molecule has 2 atom stereocenters. The van der Waals surface area contributed by atoms with E-state index in [1.54, 1.807) is 11.9 Å². The second kappa shape index (κ2) is 7.45. The van der Waals surface area contributed by atoms with E-state index in [0.29, 0.717) is 25.8 Å². The maximum Gasteiger partial charge on any atom is 0.390 e. The van der Waals surface area contributed by atoms with E-state index in [1.165, 1.54) is 0 Å². The number of alkyl halides is 3. The SMILES string of the molecule is CCCNC1(C(=O)O)CCCC(N(C)CCC(F)(F)F)C1. The van der Waals surface area contributed by atoms with Crippen LogP contribution >= 0.6 is 0 Å². The molecule has 2 N–H and O–H groups in total. The zero-order valence-corrected chi connectivity index (χ0v) is 12.7. The Hall–Kier alpha value is -0.820. The quantitative estimate of drug-likeness (QED) is 0.759. The lowest BCUT2D eigenvalue weighted by Gasteiger charge is -2.42. The van der Waals surface area contributed by atoms with Crippen LogP contribution in [0.2, 0.25) is 0 Å². The third-order valence-electron chi connectivity index (χ3n) is 4.22. The van der Waals surface area contributed by atoms with Gasteiger partial charge < -0.3 is 15.3 Å². The third-order valence-corrected chi connectivity index (χ3v) is 4.22. The summed E-state index contributed by atoms with van der Waals surface area (Å²) in [5.74, 6) is -0.898. The van der Waals surface area contributed by atoms with Crippen molar-refractivity contribution in [3.63, 3.8) is 0 Å². The van der Waals surface area contributed by atoms with E-state index in [4.69, 9.17) is 0 Å². The van der Waals surface area contributed by atoms with Crippen LogP contribution in [0.5, 0.6) is 0 Å². The van der Waals surface area contributed by atoms with Crippen molar-refractivity contribution in [2.75, 3.05) is 20.1 Å².